The van der Waals surface area contributed by atoms with E-state index in [1.807, 2.05) is 0 Å². The normalized spacial score (nSPS) is 11.5. The van der Waals surface area contributed by atoms with Crippen LogP contribution < -0.4 is 4.72 Å². The molecular formula is C8H12N2O5S. The second-order valence-electron chi connectivity index (χ2n) is 3.12. The number of carboxylic acid groups (broad SMARTS) is 1. The van der Waals surface area contributed by atoms with Crippen LogP contribution in [0.3, 0.4) is 0 Å². The number of nitrogens with zero attached hydrogens (tertiary/aromatic N) is 1. The molecule has 0 aliphatic carbocycles. The van der Waals surface area contributed by atoms with E-state index in [9.17, 15) is 13.2 Å². The fraction of sp³-hybridized carbons (Fsp3) is 0.500. The molecule has 90 valence electrons. The van der Waals surface area contributed by atoms with Gasteiger partial charge in [-0.3, -0.25) is 4.79 Å². The van der Waals surface area contributed by atoms with Gasteiger partial charge in [0.2, 0.25) is 10.0 Å². The van der Waals surface area contributed by atoms with Crippen molar-refractivity contribution in [3.8, 4) is 0 Å². The zero-order valence-electron chi connectivity index (χ0n) is 8.42. The van der Waals surface area contributed by atoms with Crippen molar-refractivity contribution in [2.75, 3.05) is 5.75 Å². The summed E-state index contributed by atoms with van der Waals surface area (Å²) in [5, 5.41) is 11.8. The van der Waals surface area contributed by atoms with Crippen LogP contribution in [0.1, 0.15) is 18.6 Å². The fourth-order valence-corrected chi connectivity index (χ4v) is 2.03. The second-order valence-corrected chi connectivity index (χ2v) is 5.04. The van der Waals surface area contributed by atoms with Gasteiger partial charge in [-0.1, -0.05) is 5.16 Å². The Bertz CT molecular complexity index is 425. The highest BCUT2D eigenvalue weighted by atomic mass is 32.2. The number of rotatable bonds is 7. The van der Waals surface area contributed by atoms with Crippen molar-refractivity contribution in [3.63, 3.8) is 0 Å². The fourth-order valence-electron chi connectivity index (χ4n) is 1.000. The first kappa shape index (κ1) is 12.7. The molecule has 0 saturated carbocycles. The predicted octanol–water partition coefficient (Wildman–Crippen LogP) is -0.0412. The van der Waals surface area contributed by atoms with Crippen LogP contribution in [0, 0.1) is 0 Å². The van der Waals surface area contributed by atoms with Crippen molar-refractivity contribution < 1.29 is 22.8 Å². The maximum Gasteiger partial charge on any atom is 0.303 e. The molecule has 8 heteroatoms. The lowest BCUT2D eigenvalue weighted by atomic mass is 10.3. The number of aromatic nitrogens is 1. The minimum Gasteiger partial charge on any atom is -0.481 e. The van der Waals surface area contributed by atoms with Crippen molar-refractivity contribution in [1.29, 1.82) is 0 Å². The average Bonchev–Trinajstić information content (AvgIpc) is 2.66. The minimum atomic E-state index is -3.45. The molecule has 0 fully saturated rings. The summed E-state index contributed by atoms with van der Waals surface area (Å²) >= 11 is 0. The van der Waals surface area contributed by atoms with Gasteiger partial charge in [-0.2, -0.15) is 0 Å². The van der Waals surface area contributed by atoms with E-state index in [1.165, 1.54) is 6.20 Å². The Hall–Kier alpha value is -1.41. The molecule has 0 saturated heterocycles. The molecular weight excluding hydrogens is 236 g/mol. The van der Waals surface area contributed by atoms with Crippen molar-refractivity contribution in [2.45, 2.75) is 19.4 Å². The number of carbonyl (C=O) groups is 1. The zero-order chi connectivity index (χ0) is 12.0. The second kappa shape index (κ2) is 5.61. The van der Waals surface area contributed by atoms with E-state index in [4.69, 9.17) is 9.63 Å². The van der Waals surface area contributed by atoms with Crippen molar-refractivity contribution >= 4 is 16.0 Å². The number of hydrogen-bond donors (Lipinski definition) is 2. The molecule has 0 aliphatic rings. The van der Waals surface area contributed by atoms with Crippen LogP contribution in [0.4, 0.5) is 0 Å². The first-order valence-electron chi connectivity index (χ1n) is 4.58. The molecule has 1 rings (SSSR count). The van der Waals surface area contributed by atoms with E-state index in [-0.39, 0.29) is 25.1 Å². The van der Waals surface area contributed by atoms with Crippen molar-refractivity contribution in [2.24, 2.45) is 0 Å². The van der Waals surface area contributed by atoms with E-state index in [0.717, 1.165) is 0 Å². The smallest absolute Gasteiger partial charge is 0.303 e. The van der Waals surface area contributed by atoms with E-state index < -0.39 is 16.0 Å². The molecule has 0 bridgehead atoms. The zero-order valence-corrected chi connectivity index (χ0v) is 9.24. The van der Waals surface area contributed by atoms with Gasteiger partial charge in [0.05, 0.1) is 18.5 Å². The van der Waals surface area contributed by atoms with Gasteiger partial charge in [-0.25, -0.2) is 13.1 Å². The molecule has 16 heavy (non-hydrogen) atoms. The summed E-state index contributed by atoms with van der Waals surface area (Å²) in [6, 6.07) is 1.54. The Labute approximate surface area is 92.5 Å². The minimum absolute atomic E-state index is 0.0232. The van der Waals surface area contributed by atoms with Crippen LogP contribution in [-0.2, 0) is 21.4 Å². The highest BCUT2D eigenvalue weighted by molar-refractivity contribution is 7.89. The molecule has 1 aromatic heterocycles. The first-order valence-corrected chi connectivity index (χ1v) is 6.23. The van der Waals surface area contributed by atoms with E-state index in [2.05, 4.69) is 9.88 Å². The third kappa shape index (κ3) is 4.89. The van der Waals surface area contributed by atoms with Crippen LogP contribution in [0.25, 0.3) is 0 Å². The quantitative estimate of drug-likeness (QED) is 0.700. The van der Waals surface area contributed by atoms with Crippen LogP contribution in [0.15, 0.2) is 16.8 Å². The van der Waals surface area contributed by atoms with Crippen LogP contribution in [0.5, 0.6) is 0 Å². The third-order valence-electron chi connectivity index (χ3n) is 1.76. The summed E-state index contributed by atoms with van der Waals surface area (Å²) < 4.78 is 29.7. The van der Waals surface area contributed by atoms with Gasteiger partial charge in [0.15, 0.2) is 5.76 Å². The van der Waals surface area contributed by atoms with E-state index in [0.29, 0.717) is 5.76 Å². The molecule has 7 nitrogen and oxygen atoms in total. The lowest BCUT2D eigenvalue weighted by Crippen LogP contribution is -2.26. The number of aliphatic carboxylic acids is 1. The summed E-state index contributed by atoms with van der Waals surface area (Å²) in [7, 11) is -3.45. The van der Waals surface area contributed by atoms with E-state index in [1.54, 1.807) is 6.07 Å². The standard InChI is InChI=1S/C8H12N2O5S/c11-8(12)2-1-5-16(13,14)10-6-7-3-4-9-15-7/h3-4,10H,1-2,5-6H2,(H,11,12). The van der Waals surface area contributed by atoms with E-state index >= 15 is 0 Å². The first-order chi connectivity index (χ1) is 7.49. The summed E-state index contributed by atoms with van der Waals surface area (Å²) in [5.41, 5.74) is 0. The molecule has 1 heterocycles. The molecule has 0 atom stereocenters. The Morgan fingerprint density at radius 1 is 1.56 bits per heavy atom. The highest BCUT2D eigenvalue weighted by Gasteiger charge is 2.11. The van der Waals surface area contributed by atoms with Gasteiger partial charge in [0, 0.05) is 12.5 Å². The Morgan fingerprint density at radius 3 is 2.88 bits per heavy atom. The van der Waals surface area contributed by atoms with Crippen molar-refractivity contribution in [3.05, 3.63) is 18.0 Å². The SMILES string of the molecule is O=C(O)CCCS(=O)(=O)NCc1ccno1. The molecule has 1 aromatic rings. The van der Waals surface area contributed by atoms with Gasteiger partial charge < -0.3 is 9.63 Å². The molecule has 0 aromatic carbocycles. The van der Waals surface area contributed by atoms with Crippen LogP contribution in [0.2, 0.25) is 0 Å². The van der Waals surface area contributed by atoms with Crippen LogP contribution in [-0.4, -0.2) is 30.4 Å². The number of nitrogens with one attached hydrogen (secondary N) is 1. The third-order valence-corrected chi connectivity index (χ3v) is 3.17. The predicted molar refractivity (Wildman–Crippen MR) is 54.0 cm³/mol. The average molecular weight is 248 g/mol. The number of sulfonamides is 1. The van der Waals surface area contributed by atoms with Gasteiger partial charge in [0.25, 0.3) is 0 Å². The van der Waals surface area contributed by atoms with Crippen LogP contribution >= 0.6 is 0 Å². The Kier molecular flexibility index (Phi) is 4.44. The maximum absolute atomic E-state index is 11.3. The molecule has 2 N–H and O–H groups in total. The lowest BCUT2D eigenvalue weighted by molar-refractivity contribution is -0.137. The molecule has 0 amide bonds. The summed E-state index contributed by atoms with van der Waals surface area (Å²) in [4.78, 5) is 10.2. The van der Waals surface area contributed by atoms with Crippen molar-refractivity contribution in [1.82, 2.24) is 9.88 Å². The largest absolute Gasteiger partial charge is 0.481 e. The topological polar surface area (TPSA) is 110 Å². The summed E-state index contributed by atoms with van der Waals surface area (Å²) in [6.45, 7) is 0.0232. The van der Waals surface area contributed by atoms with Gasteiger partial charge in [0.1, 0.15) is 0 Å². The lowest BCUT2D eigenvalue weighted by Gasteiger charge is -2.03. The maximum atomic E-state index is 11.3. The molecule has 0 spiro atoms. The molecule has 0 aliphatic heterocycles. The van der Waals surface area contributed by atoms with Gasteiger partial charge in [-0.15, -0.1) is 0 Å². The molecule has 0 unspecified atom stereocenters. The highest BCUT2D eigenvalue weighted by Crippen LogP contribution is 1.99. The van der Waals surface area contributed by atoms with Gasteiger partial charge in [-0.05, 0) is 6.42 Å². The number of hydrogen-bond acceptors (Lipinski definition) is 5. The number of carboxylic acids is 1. The molecule has 0 radical (unpaired) electrons. The summed E-state index contributed by atoms with van der Waals surface area (Å²) in [5.74, 6) is -0.819. The Morgan fingerprint density at radius 2 is 2.31 bits per heavy atom. The Balaban J connectivity index is 2.31. The summed E-state index contributed by atoms with van der Waals surface area (Å²) in [6.07, 6.45) is 1.33. The monoisotopic (exact) mass is 248 g/mol. The van der Waals surface area contributed by atoms with Gasteiger partial charge >= 0.3 is 5.97 Å².